The first-order valence-corrected chi connectivity index (χ1v) is 6.31. The van der Waals surface area contributed by atoms with E-state index in [1.54, 1.807) is 0 Å². The summed E-state index contributed by atoms with van der Waals surface area (Å²) in [5.41, 5.74) is 0. The number of rotatable bonds is 3. The molecule has 3 nitrogen and oxygen atoms in total. The summed E-state index contributed by atoms with van der Waals surface area (Å²) in [6, 6.07) is 0. The smallest absolute Gasteiger partial charge is 0.167 e. The molecule has 0 aromatic rings. The number of aliphatic hydroxyl groups excluding tert-OH is 1. The lowest BCUT2D eigenvalue weighted by atomic mass is 10.1. The van der Waals surface area contributed by atoms with Gasteiger partial charge in [0.05, 0.1) is 13.2 Å². The molecule has 1 N–H and O–H groups in total. The normalized spacial score (nSPS) is 43.3. The quantitative estimate of drug-likeness (QED) is 0.777. The van der Waals surface area contributed by atoms with E-state index in [4.69, 9.17) is 14.6 Å². The van der Waals surface area contributed by atoms with Gasteiger partial charge in [0.25, 0.3) is 0 Å². The molecule has 0 amide bonds. The van der Waals surface area contributed by atoms with Gasteiger partial charge in [-0.2, -0.15) is 11.8 Å². The van der Waals surface area contributed by atoms with Gasteiger partial charge in [0, 0.05) is 11.7 Å². The summed E-state index contributed by atoms with van der Waals surface area (Å²) in [7, 11) is 0. The van der Waals surface area contributed by atoms with Crippen molar-refractivity contribution >= 4 is 11.8 Å². The van der Waals surface area contributed by atoms with Crippen LogP contribution in [0.2, 0.25) is 0 Å². The Hall–Kier alpha value is 0.230. The third kappa shape index (κ3) is 2.42. The van der Waals surface area contributed by atoms with E-state index < -0.39 is 5.79 Å². The summed E-state index contributed by atoms with van der Waals surface area (Å²) in [5, 5.41) is 9.63. The molecular formula is C10H18O3S. The van der Waals surface area contributed by atoms with Crippen LogP contribution >= 0.6 is 11.8 Å². The molecule has 2 saturated heterocycles. The number of hydrogen-bond acceptors (Lipinski definition) is 4. The van der Waals surface area contributed by atoms with Crippen LogP contribution in [0.15, 0.2) is 0 Å². The summed E-state index contributed by atoms with van der Waals surface area (Å²) in [6.45, 7) is 2.58. The molecule has 0 aromatic heterocycles. The molecule has 82 valence electrons. The fraction of sp³-hybridized carbons (Fsp3) is 1.00. The number of aliphatic hydroxyl groups is 1. The predicted octanol–water partition coefficient (Wildman–Crippen LogP) is 1.40. The average molecular weight is 218 g/mol. The van der Waals surface area contributed by atoms with Crippen LogP contribution in [0.3, 0.4) is 0 Å². The number of hydrogen-bond donors (Lipinski definition) is 1. The van der Waals surface area contributed by atoms with E-state index in [-0.39, 0.29) is 12.7 Å². The van der Waals surface area contributed by atoms with E-state index in [0.717, 1.165) is 6.42 Å². The van der Waals surface area contributed by atoms with Crippen molar-refractivity contribution in [2.24, 2.45) is 0 Å². The number of ether oxygens (including phenoxy) is 2. The summed E-state index contributed by atoms with van der Waals surface area (Å²) < 4.78 is 11.3. The molecule has 2 heterocycles. The zero-order chi connectivity index (χ0) is 10.0. The maximum Gasteiger partial charge on any atom is 0.167 e. The molecule has 2 rings (SSSR count). The van der Waals surface area contributed by atoms with Crippen molar-refractivity contribution in [1.29, 1.82) is 0 Å². The maximum atomic E-state index is 8.95. The lowest BCUT2D eigenvalue weighted by Gasteiger charge is -2.25. The van der Waals surface area contributed by atoms with Gasteiger partial charge in [0.15, 0.2) is 5.79 Å². The van der Waals surface area contributed by atoms with Crippen molar-refractivity contribution < 1.29 is 14.6 Å². The highest BCUT2D eigenvalue weighted by Crippen LogP contribution is 2.36. The van der Waals surface area contributed by atoms with E-state index in [2.05, 4.69) is 0 Å². The SMILES string of the molecule is CC1(CC2CCCS2)OCC(CO)O1. The van der Waals surface area contributed by atoms with E-state index in [1.807, 2.05) is 18.7 Å². The van der Waals surface area contributed by atoms with E-state index in [9.17, 15) is 0 Å². The highest BCUT2D eigenvalue weighted by atomic mass is 32.2. The average Bonchev–Trinajstić information content (AvgIpc) is 2.76. The van der Waals surface area contributed by atoms with Crippen LogP contribution in [0.1, 0.15) is 26.2 Å². The minimum absolute atomic E-state index is 0.0629. The third-order valence-electron chi connectivity index (χ3n) is 2.82. The second kappa shape index (κ2) is 4.39. The molecule has 2 fully saturated rings. The van der Waals surface area contributed by atoms with Crippen LogP contribution in [0.5, 0.6) is 0 Å². The first-order valence-electron chi connectivity index (χ1n) is 5.26. The Balaban J connectivity index is 1.83. The van der Waals surface area contributed by atoms with Gasteiger partial charge in [-0.1, -0.05) is 0 Å². The Bertz CT molecular complexity index is 194. The molecule has 2 aliphatic rings. The van der Waals surface area contributed by atoms with Gasteiger partial charge in [-0.25, -0.2) is 0 Å². The molecule has 3 atom stereocenters. The molecule has 0 saturated carbocycles. The van der Waals surface area contributed by atoms with Gasteiger partial charge >= 0.3 is 0 Å². The largest absolute Gasteiger partial charge is 0.394 e. The lowest BCUT2D eigenvalue weighted by Crippen LogP contribution is -2.30. The highest BCUT2D eigenvalue weighted by molar-refractivity contribution is 8.00. The van der Waals surface area contributed by atoms with Crippen LogP contribution in [0.4, 0.5) is 0 Å². The fourth-order valence-corrected chi connectivity index (χ4v) is 3.53. The van der Waals surface area contributed by atoms with E-state index >= 15 is 0 Å². The molecule has 2 aliphatic heterocycles. The summed E-state index contributed by atoms with van der Waals surface area (Å²) >= 11 is 2.01. The summed E-state index contributed by atoms with van der Waals surface area (Å²) in [6.07, 6.45) is 3.42. The van der Waals surface area contributed by atoms with Gasteiger partial charge in [-0.15, -0.1) is 0 Å². The van der Waals surface area contributed by atoms with Crippen LogP contribution < -0.4 is 0 Å². The van der Waals surface area contributed by atoms with Crippen molar-refractivity contribution in [2.45, 2.75) is 43.3 Å². The van der Waals surface area contributed by atoms with Crippen LogP contribution in [0.25, 0.3) is 0 Å². The minimum atomic E-state index is -0.449. The van der Waals surface area contributed by atoms with Crippen molar-refractivity contribution in [1.82, 2.24) is 0 Å². The molecule has 0 radical (unpaired) electrons. The Labute approximate surface area is 89.2 Å². The summed E-state index contributed by atoms with van der Waals surface area (Å²) in [4.78, 5) is 0. The third-order valence-corrected chi connectivity index (χ3v) is 4.21. The lowest BCUT2D eigenvalue weighted by molar-refractivity contribution is -0.161. The van der Waals surface area contributed by atoms with Gasteiger partial charge in [0.2, 0.25) is 0 Å². The highest BCUT2D eigenvalue weighted by Gasteiger charge is 2.39. The molecule has 0 aromatic carbocycles. The maximum absolute atomic E-state index is 8.95. The second-order valence-electron chi connectivity index (χ2n) is 4.21. The fourth-order valence-electron chi connectivity index (χ4n) is 2.11. The monoisotopic (exact) mass is 218 g/mol. The topological polar surface area (TPSA) is 38.7 Å². The molecule has 0 spiro atoms. The van der Waals surface area contributed by atoms with Gasteiger partial charge < -0.3 is 14.6 Å². The predicted molar refractivity (Wildman–Crippen MR) is 56.4 cm³/mol. The van der Waals surface area contributed by atoms with Crippen molar-refractivity contribution in [3.8, 4) is 0 Å². The standard InChI is InChI=1S/C10H18O3S/c1-10(5-9-3-2-4-14-9)12-7-8(6-11)13-10/h8-9,11H,2-7H2,1H3. The first kappa shape index (κ1) is 10.7. The molecular weight excluding hydrogens is 200 g/mol. The zero-order valence-electron chi connectivity index (χ0n) is 8.57. The Morgan fingerprint density at radius 2 is 2.43 bits per heavy atom. The van der Waals surface area contributed by atoms with Gasteiger partial charge in [0.1, 0.15) is 6.10 Å². The molecule has 4 heteroatoms. The van der Waals surface area contributed by atoms with E-state index in [1.165, 1.54) is 18.6 Å². The van der Waals surface area contributed by atoms with Crippen LogP contribution in [-0.2, 0) is 9.47 Å². The molecule has 0 bridgehead atoms. The Kier molecular flexibility index (Phi) is 3.37. The first-order chi connectivity index (χ1) is 6.72. The summed E-state index contributed by atoms with van der Waals surface area (Å²) in [5.74, 6) is 0.819. The Morgan fingerprint density at radius 1 is 1.57 bits per heavy atom. The molecule has 14 heavy (non-hydrogen) atoms. The Morgan fingerprint density at radius 3 is 3.00 bits per heavy atom. The van der Waals surface area contributed by atoms with Crippen LogP contribution in [-0.4, -0.2) is 41.2 Å². The molecule has 0 aliphatic carbocycles. The molecule has 3 unspecified atom stereocenters. The number of thioether (sulfide) groups is 1. The van der Waals surface area contributed by atoms with Crippen molar-refractivity contribution in [2.75, 3.05) is 19.0 Å². The van der Waals surface area contributed by atoms with Gasteiger partial charge in [-0.3, -0.25) is 0 Å². The van der Waals surface area contributed by atoms with Crippen LogP contribution in [0, 0.1) is 0 Å². The van der Waals surface area contributed by atoms with Crippen molar-refractivity contribution in [3.63, 3.8) is 0 Å². The minimum Gasteiger partial charge on any atom is -0.394 e. The van der Waals surface area contributed by atoms with E-state index in [0.29, 0.717) is 11.9 Å². The van der Waals surface area contributed by atoms with Gasteiger partial charge in [-0.05, 0) is 25.5 Å². The van der Waals surface area contributed by atoms with Crippen molar-refractivity contribution in [3.05, 3.63) is 0 Å². The second-order valence-corrected chi connectivity index (χ2v) is 5.61. The zero-order valence-corrected chi connectivity index (χ0v) is 9.39.